The maximum atomic E-state index is 13.7. The first-order valence-electron chi connectivity index (χ1n) is 10.7. The maximum Gasteiger partial charge on any atom is 0.190 e. The number of rotatable bonds is 6. The standard InChI is InChI=1S/C24H23ClFN5O2/c1-30(2)7-8-31-20-11-14(19-12-27-28-24(19)25)3-5-18(20)22(29-31)23(32)16-9-15-10-17(26)4-6-21(15)33-13-16/h3-6,10-12,16H,7-9,13H2,1-2H3,(H,27,28)/t16-/m0/s1. The van der Waals surface area contributed by atoms with Gasteiger partial charge in [0.15, 0.2) is 5.78 Å². The number of carbonyl (C=O) groups is 1. The van der Waals surface area contributed by atoms with Crippen molar-refractivity contribution in [2.75, 3.05) is 27.2 Å². The van der Waals surface area contributed by atoms with Gasteiger partial charge in [-0.15, -0.1) is 0 Å². The third kappa shape index (κ3) is 4.12. The number of hydrogen-bond acceptors (Lipinski definition) is 5. The van der Waals surface area contributed by atoms with Crippen molar-refractivity contribution in [3.05, 3.63) is 64.8 Å². The van der Waals surface area contributed by atoms with Gasteiger partial charge in [-0.25, -0.2) is 4.39 Å². The lowest BCUT2D eigenvalue weighted by molar-refractivity contribution is 0.0850. The summed E-state index contributed by atoms with van der Waals surface area (Å²) in [5, 5.41) is 12.7. The summed E-state index contributed by atoms with van der Waals surface area (Å²) < 4.78 is 21.3. The number of benzene rings is 2. The Kier molecular flexibility index (Phi) is 5.64. The topological polar surface area (TPSA) is 76.0 Å². The number of nitrogens with one attached hydrogen (secondary N) is 1. The molecule has 0 radical (unpaired) electrons. The van der Waals surface area contributed by atoms with Crippen molar-refractivity contribution in [1.29, 1.82) is 0 Å². The summed E-state index contributed by atoms with van der Waals surface area (Å²) >= 11 is 6.24. The molecule has 0 fully saturated rings. The van der Waals surface area contributed by atoms with Crippen LogP contribution in [-0.2, 0) is 13.0 Å². The number of ketones is 1. The zero-order chi connectivity index (χ0) is 23.1. The number of nitrogens with zero attached hydrogens (tertiary/aromatic N) is 4. The molecule has 3 heterocycles. The van der Waals surface area contributed by atoms with E-state index < -0.39 is 5.92 Å². The Hall–Kier alpha value is -3.23. The van der Waals surface area contributed by atoms with Crippen LogP contribution in [0.5, 0.6) is 5.75 Å². The molecule has 5 rings (SSSR count). The second kappa shape index (κ2) is 8.61. The summed E-state index contributed by atoms with van der Waals surface area (Å²) in [5.74, 6) is -0.243. The average molecular weight is 468 g/mol. The van der Waals surface area contributed by atoms with Crippen molar-refractivity contribution in [3.8, 4) is 16.9 Å². The van der Waals surface area contributed by atoms with Crippen LogP contribution in [0.15, 0.2) is 42.6 Å². The van der Waals surface area contributed by atoms with E-state index in [0.717, 1.165) is 28.6 Å². The number of fused-ring (bicyclic) bond motifs is 2. The molecule has 170 valence electrons. The number of H-pyrrole nitrogens is 1. The van der Waals surface area contributed by atoms with Crippen molar-refractivity contribution in [2.24, 2.45) is 5.92 Å². The quantitative estimate of drug-likeness (QED) is 0.430. The van der Waals surface area contributed by atoms with Crippen molar-refractivity contribution in [1.82, 2.24) is 24.9 Å². The molecule has 0 unspecified atom stereocenters. The zero-order valence-corrected chi connectivity index (χ0v) is 19.1. The van der Waals surface area contributed by atoms with Gasteiger partial charge in [0.1, 0.15) is 22.4 Å². The van der Waals surface area contributed by atoms with Gasteiger partial charge < -0.3 is 9.64 Å². The average Bonchev–Trinajstić information content (AvgIpc) is 3.39. The van der Waals surface area contributed by atoms with Gasteiger partial charge in [-0.2, -0.15) is 10.2 Å². The number of carbonyl (C=O) groups excluding carboxylic acids is 1. The molecule has 4 aromatic rings. The van der Waals surface area contributed by atoms with Gasteiger partial charge in [-0.3, -0.25) is 14.6 Å². The van der Waals surface area contributed by atoms with Gasteiger partial charge in [-0.1, -0.05) is 17.7 Å². The Morgan fingerprint density at radius 3 is 2.91 bits per heavy atom. The molecule has 2 aromatic heterocycles. The van der Waals surface area contributed by atoms with E-state index in [1.807, 2.05) is 37.0 Å². The number of hydrogen-bond donors (Lipinski definition) is 1. The number of Topliss-reactive ketones (excluding diaryl/α,β-unsaturated/α-hetero) is 1. The van der Waals surface area contributed by atoms with Gasteiger partial charge in [0.05, 0.1) is 30.8 Å². The van der Waals surface area contributed by atoms with Crippen LogP contribution in [0.4, 0.5) is 4.39 Å². The van der Waals surface area contributed by atoms with Crippen molar-refractivity contribution < 1.29 is 13.9 Å². The third-order valence-corrected chi connectivity index (χ3v) is 6.24. The minimum absolute atomic E-state index is 0.104. The molecule has 0 spiro atoms. The van der Waals surface area contributed by atoms with Crippen molar-refractivity contribution in [2.45, 2.75) is 13.0 Å². The summed E-state index contributed by atoms with van der Waals surface area (Å²) in [6.45, 7) is 1.63. The van der Waals surface area contributed by atoms with Gasteiger partial charge in [0.25, 0.3) is 0 Å². The van der Waals surface area contributed by atoms with Crippen molar-refractivity contribution >= 4 is 28.3 Å². The molecule has 1 aliphatic rings. The number of aromatic nitrogens is 4. The molecule has 1 aliphatic heterocycles. The summed E-state index contributed by atoms with van der Waals surface area (Å²) in [6, 6.07) is 10.2. The smallest absolute Gasteiger partial charge is 0.190 e. The molecule has 7 nitrogen and oxygen atoms in total. The van der Waals surface area contributed by atoms with Crippen LogP contribution in [-0.4, -0.2) is 57.9 Å². The first kappa shape index (κ1) is 21.6. The van der Waals surface area contributed by atoms with Crippen LogP contribution in [0.3, 0.4) is 0 Å². The fourth-order valence-corrected chi connectivity index (χ4v) is 4.39. The largest absolute Gasteiger partial charge is 0.493 e. The second-order valence-corrected chi connectivity index (χ2v) is 8.91. The van der Waals surface area contributed by atoms with Crippen LogP contribution in [0, 0.1) is 11.7 Å². The van der Waals surface area contributed by atoms with E-state index in [-0.39, 0.29) is 18.2 Å². The summed E-state index contributed by atoms with van der Waals surface area (Å²) in [6.07, 6.45) is 2.09. The lowest BCUT2D eigenvalue weighted by Gasteiger charge is -2.24. The van der Waals surface area contributed by atoms with E-state index in [9.17, 15) is 9.18 Å². The Morgan fingerprint density at radius 1 is 1.30 bits per heavy atom. The molecule has 2 aromatic carbocycles. The predicted molar refractivity (Wildman–Crippen MR) is 124 cm³/mol. The van der Waals surface area contributed by atoms with Crippen LogP contribution < -0.4 is 4.74 Å². The van der Waals surface area contributed by atoms with E-state index in [2.05, 4.69) is 15.1 Å². The third-order valence-electron chi connectivity index (χ3n) is 5.95. The van der Waals surface area contributed by atoms with E-state index >= 15 is 0 Å². The normalized spacial score (nSPS) is 15.6. The SMILES string of the molecule is CN(C)CCn1nc(C(=O)[C@@H]2COc3ccc(F)cc3C2)c2ccc(-c3cn[nH]c3Cl)cc21. The summed E-state index contributed by atoms with van der Waals surface area (Å²) in [4.78, 5) is 15.6. The molecule has 1 N–H and O–H groups in total. The summed E-state index contributed by atoms with van der Waals surface area (Å²) in [5.41, 5.74) is 3.62. The molecule has 0 aliphatic carbocycles. The van der Waals surface area contributed by atoms with Crippen molar-refractivity contribution in [3.63, 3.8) is 0 Å². The first-order chi connectivity index (χ1) is 15.9. The fourth-order valence-electron chi connectivity index (χ4n) is 4.19. The highest BCUT2D eigenvalue weighted by Gasteiger charge is 2.30. The second-order valence-electron chi connectivity index (χ2n) is 8.53. The lowest BCUT2D eigenvalue weighted by Crippen LogP contribution is -2.29. The minimum atomic E-state index is -0.428. The molecule has 0 amide bonds. The lowest BCUT2D eigenvalue weighted by atomic mass is 9.90. The fraction of sp³-hybridized carbons (Fsp3) is 0.292. The van der Waals surface area contributed by atoms with Crippen LogP contribution in [0.2, 0.25) is 5.15 Å². The molecule has 9 heteroatoms. The van der Waals surface area contributed by atoms with Crippen LogP contribution in [0.1, 0.15) is 16.1 Å². The van der Waals surface area contributed by atoms with E-state index in [1.54, 1.807) is 12.3 Å². The molecule has 1 atom stereocenters. The van der Waals surface area contributed by atoms with E-state index in [1.165, 1.54) is 12.1 Å². The zero-order valence-electron chi connectivity index (χ0n) is 18.3. The monoisotopic (exact) mass is 467 g/mol. The Labute approximate surface area is 195 Å². The number of halogens is 2. The van der Waals surface area contributed by atoms with Gasteiger partial charge in [-0.05, 0) is 62.0 Å². The maximum absolute atomic E-state index is 13.7. The molecular weight excluding hydrogens is 445 g/mol. The Bertz CT molecular complexity index is 1350. The highest BCUT2D eigenvalue weighted by atomic mass is 35.5. The van der Waals surface area contributed by atoms with E-state index in [0.29, 0.717) is 35.1 Å². The molecule has 33 heavy (non-hydrogen) atoms. The first-order valence-corrected chi connectivity index (χ1v) is 11.1. The number of ether oxygens (including phenoxy) is 1. The van der Waals surface area contributed by atoms with Gasteiger partial charge >= 0.3 is 0 Å². The van der Waals surface area contributed by atoms with Gasteiger partial charge in [0, 0.05) is 17.5 Å². The van der Waals surface area contributed by atoms with Crippen LogP contribution in [0.25, 0.3) is 22.0 Å². The Morgan fingerprint density at radius 2 is 2.15 bits per heavy atom. The Balaban J connectivity index is 1.53. The molecule has 0 saturated heterocycles. The molecule has 0 saturated carbocycles. The van der Waals surface area contributed by atoms with Gasteiger partial charge in [0.2, 0.25) is 0 Å². The minimum Gasteiger partial charge on any atom is -0.493 e. The van der Waals surface area contributed by atoms with E-state index in [4.69, 9.17) is 21.4 Å². The molecular formula is C24H23ClFN5O2. The molecule has 0 bridgehead atoms. The summed E-state index contributed by atoms with van der Waals surface area (Å²) in [7, 11) is 3.98. The predicted octanol–water partition coefficient (Wildman–Crippen LogP) is 4.21. The number of aromatic amines is 1. The highest BCUT2D eigenvalue weighted by molar-refractivity contribution is 6.32. The van der Waals surface area contributed by atoms with Crippen LogP contribution >= 0.6 is 11.6 Å². The number of likely N-dealkylation sites (N-methyl/N-ethyl adjacent to an activating group) is 1. The highest BCUT2D eigenvalue weighted by Crippen LogP contribution is 2.33.